The van der Waals surface area contributed by atoms with Crippen molar-refractivity contribution in [1.82, 2.24) is 4.72 Å². The zero-order valence-electron chi connectivity index (χ0n) is 9.91. The molecule has 1 unspecified atom stereocenters. The Morgan fingerprint density at radius 3 is 2.33 bits per heavy atom. The number of benzene rings is 1. The van der Waals surface area contributed by atoms with Crippen LogP contribution in [0.5, 0.6) is 0 Å². The molecule has 0 aliphatic rings. The van der Waals surface area contributed by atoms with Crippen molar-refractivity contribution in [2.24, 2.45) is 0 Å². The summed E-state index contributed by atoms with van der Waals surface area (Å²) in [7, 11) is -3.56. The summed E-state index contributed by atoms with van der Waals surface area (Å²) < 4.78 is 27.8. The van der Waals surface area contributed by atoms with Crippen LogP contribution in [0.4, 0.5) is 5.69 Å². The topological polar surface area (TPSA) is 72.2 Å². The highest BCUT2D eigenvalue weighted by Gasteiger charge is 2.22. The van der Waals surface area contributed by atoms with Gasteiger partial charge in [0.15, 0.2) is 0 Å². The molecule has 1 aromatic rings. The van der Waals surface area contributed by atoms with Crippen LogP contribution in [0.1, 0.15) is 6.92 Å². The molecule has 102 valence electrons. The van der Waals surface area contributed by atoms with Gasteiger partial charge in [0.25, 0.3) is 0 Å². The van der Waals surface area contributed by atoms with E-state index >= 15 is 0 Å². The second kappa shape index (κ2) is 6.60. The van der Waals surface area contributed by atoms with Gasteiger partial charge in [-0.05, 0) is 50.2 Å². The molecule has 0 aliphatic heterocycles. The molecule has 0 bridgehead atoms. The van der Waals surface area contributed by atoms with E-state index in [0.29, 0.717) is 21.2 Å². The van der Waals surface area contributed by atoms with Crippen LogP contribution in [-0.2, 0) is 10.0 Å². The van der Waals surface area contributed by atoms with Crippen LogP contribution in [0.15, 0.2) is 26.0 Å². The average Bonchev–Trinajstić information content (AvgIpc) is 2.24. The molecule has 0 saturated carbocycles. The van der Waals surface area contributed by atoms with Gasteiger partial charge in [0.05, 0.1) is 0 Å². The fourth-order valence-corrected chi connectivity index (χ4v) is 5.32. The number of nitrogen functional groups attached to an aromatic ring is 1. The molecule has 4 nitrogen and oxygen atoms in total. The molecule has 0 saturated heterocycles. The molecule has 1 rings (SSSR count). The minimum absolute atomic E-state index is 0.171. The molecule has 3 N–H and O–H groups in total. The molecule has 0 radical (unpaired) electrons. The Morgan fingerprint density at radius 1 is 1.39 bits per heavy atom. The highest BCUT2D eigenvalue weighted by atomic mass is 79.9. The van der Waals surface area contributed by atoms with Gasteiger partial charge in [-0.2, -0.15) is 11.8 Å². The minimum atomic E-state index is -3.56. The molecule has 1 aromatic carbocycles. The van der Waals surface area contributed by atoms with Gasteiger partial charge in [0, 0.05) is 26.4 Å². The SMILES string of the molecule is CSC(C)CNS(=O)(=O)c1c(Br)cc(N)cc1Br. The van der Waals surface area contributed by atoms with Gasteiger partial charge in [-0.15, -0.1) is 0 Å². The lowest BCUT2D eigenvalue weighted by atomic mass is 10.3. The van der Waals surface area contributed by atoms with Crippen molar-refractivity contribution in [1.29, 1.82) is 0 Å². The molecule has 0 heterocycles. The van der Waals surface area contributed by atoms with Gasteiger partial charge >= 0.3 is 0 Å². The van der Waals surface area contributed by atoms with Gasteiger partial charge in [0.2, 0.25) is 10.0 Å². The maximum Gasteiger partial charge on any atom is 0.242 e. The van der Waals surface area contributed by atoms with Crippen LogP contribution >= 0.6 is 43.6 Å². The minimum Gasteiger partial charge on any atom is -0.399 e. The monoisotopic (exact) mass is 416 g/mol. The average molecular weight is 418 g/mol. The van der Waals surface area contributed by atoms with Crippen LogP contribution in [0.2, 0.25) is 0 Å². The lowest BCUT2D eigenvalue weighted by molar-refractivity contribution is 0.580. The summed E-state index contributed by atoms with van der Waals surface area (Å²) in [6.07, 6.45) is 1.94. The van der Waals surface area contributed by atoms with E-state index < -0.39 is 10.0 Å². The molecule has 0 fully saturated rings. The fourth-order valence-electron chi connectivity index (χ4n) is 1.22. The van der Waals surface area contributed by atoms with E-state index in [4.69, 9.17) is 5.73 Å². The zero-order chi connectivity index (χ0) is 13.9. The molecule has 0 aromatic heterocycles. The Hall–Kier alpha value is 0.240. The van der Waals surface area contributed by atoms with Crippen LogP contribution in [-0.4, -0.2) is 26.5 Å². The van der Waals surface area contributed by atoms with E-state index in [2.05, 4.69) is 36.6 Å². The maximum atomic E-state index is 12.2. The molecule has 1 atom stereocenters. The fraction of sp³-hybridized carbons (Fsp3) is 0.400. The second-order valence-corrected chi connectivity index (χ2v) is 8.40. The maximum absolute atomic E-state index is 12.2. The first-order valence-electron chi connectivity index (χ1n) is 5.05. The number of nitrogens with one attached hydrogen (secondary N) is 1. The van der Waals surface area contributed by atoms with Crippen LogP contribution in [0, 0.1) is 0 Å². The molecule has 0 spiro atoms. The number of nitrogens with two attached hydrogens (primary N) is 1. The summed E-state index contributed by atoms with van der Waals surface area (Å²) in [5, 5.41) is 0.214. The molecular weight excluding hydrogens is 404 g/mol. The van der Waals surface area contributed by atoms with Crippen molar-refractivity contribution in [3.05, 3.63) is 21.1 Å². The third-order valence-electron chi connectivity index (χ3n) is 2.25. The predicted molar refractivity (Wildman–Crippen MR) is 84.4 cm³/mol. The number of anilines is 1. The Bertz CT molecular complexity index is 512. The van der Waals surface area contributed by atoms with Crippen LogP contribution in [0.25, 0.3) is 0 Å². The summed E-state index contributed by atoms with van der Waals surface area (Å²) in [6, 6.07) is 3.13. The summed E-state index contributed by atoms with van der Waals surface area (Å²) in [4.78, 5) is 0.171. The molecule has 0 amide bonds. The Morgan fingerprint density at radius 2 is 1.89 bits per heavy atom. The number of hydrogen-bond donors (Lipinski definition) is 2. The lowest BCUT2D eigenvalue weighted by Crippen LogP contribution is -2.30. The normalized spacial score (nSPS) is 13.6. The molecule has 8 heteroatoms. The third kappa shape index (κ3) is 4.12. The van der Waals surface area contributed by atoms with E-state index in [-0.39, 0.29) is 10.1 Å². The van der Waals surface area contributed by atoms with Crippen molar-refractivity contribution in [3.8, 4) is 0 Å². The van der Waals surface area contributed by atoms with Gasteiger partial charge in [0.1, 0.15) is 4.90 Å². The highest BCUT2D eigenvalue weighted by Crippen LogP contribution is 2.32. The van der Waals surface area contributed by atoms with Crippen molar-refractivity contribution < 1.29 is 8.42 Å². The van der Waals surface area contributed by atoms with Crippen molar-refractivity contribution in [2.45, 2.75) is 17.1 Å². The summed E-state index contributed by atoms with van der Waals surface area (Å²) in [5.74, 6) is 0. The van der Waals surface area contributed by atoms with Gasteiger partial charge < -0.3 is 5.73 Å². The molecule has 18 heavy (non-hydrogen) atoms. The van der Waals surface area contributed by atoms with Crippen molar-refractivity contribution >= 4 is 59.3 Å². The first-order chi connectivity index (χ1) is 8.27. The molecule has 0 aliphatic carbocycles. The number of hydrogen-bond acceptors (Lipinski definition) is 4. The number of rotatable bonds is 5. The van der Waals surface area contributed by atoms with Crippen molar-refractivity contribution in [3.63, 3.8) is 0 Å². The largest absolute Gasteiger partial charge is 0.399 e. The first kappa shape index (κ1) is 16.3. The quantitative estimate of drug-likeness (QED) is 0.722. The van der Waals surface area contributed by atoms with Gasteiger partial charge in [-0.25, -0.2) is 13.1 Å². The second-order valence-electron chi connectivity index (χ2n) is 3.71. The Balaban J connectivity index is 3.06. The summed E-state index contributed by atoms with van der Waals surface area (Å²) >= 11 is 8.05. The molecular formula is C10H14Br2N2O2S2. The summed E-state index contributed by atoms with van der Waals surface area (Å²) in [6.45, 7) is 2.34. The van der Waals surface area contributed by atoms with E-state index in [1.165, 1.54) is 0 Å². The smallest absolute Gasteiger partial charge is 0.242 e. The number of sulfonamides is 1. The van der Waals surface area contributed by atoms with Crippen LogP contribution in [0.3, 0.4) is 0 Å². The lowest BCUT2D eigenvalue weighted by Gasteiger charge is -2.13. The van der Waals surface area contributed by atoms with E-state index in [9.17, 15) is 8.42 Å². The van der Waals surface area contributed by atoms with E-state index in [1.807, 2.05) is 13.2 Å². The number of halogens is 2. The van der Waals surface area contributed by atoms with Crippen molar-refractivity contribution in [2.75, 3.05) is 18.5 Å². The standard InChI is InChI=1S/C10H14Br2N2O2S2/c1-6(17-2)5-14-18(15,16)10-8(11)3-7(13)4-9(10)12/h3-4,6,14H,5,13H2,1-2H3. The number of thioether (sulfide) groups is 1. The first-order valence-corrected chi connectivity index (χ1v) is 9.40. The van der Waals surface area contributed by atoms with Crippen LogP contribution < -0.4 is 10.5 Å². The Labute approximate surface area is 128 Å². The summed E-state index contributed by atoms with van der Waals surface area (Å²) in [5.41, 5.74) is 6.13. The van der Waals surface area contributed by atoms with E-state index in [0.717, 1.165) is 0 Å². The predicted octanol–water partition coefficient (Wildman–Crippen LogP) is 2.82. The Kier molecular flexibility index (Phi) is 5.98. The van der Waals surface area contributed by atoms with Gasteiger partial charge in [-0.3, -0.25) is 0 Å². The zero-order valence-corrected chi connectivity index (χ0v) is 14.7. The highest BCUT2D eigenvalue weighted by molar-refractivity contribution is 9.11. The van der Waals surface area contributed by atoms with Gasteiger partial charge in [-0.1, -0.05) is 6.92 Å². The third-order valence-corrected chi connectivity index (χ3v) is 6.52. The van der Waals surface area contributed by atoms with E-state index in [1.54, 1.807) is 23.9 Å².